The molecule has 2 amide bonds. The predicted octanol–water partition coefficient (Wildman–Crippen LogP) is 2.84. The lowest BCUT2D eigenvalue weighted by molar-refractivity contribution is -0.339. The number of carbonyl (C=O) groups is 2. The molecule has 7 N–H and O–H groups in total. The second-order valence-corrected chi connectivity index (χ2v) is 22.1. The van der Waals surface area contributed by atoms with Gasteiger partial charge in [-0.2, -0.15) is 0 Å². The number of aliphatic hydroxyl groups excluding tert-OH is 2. The van der Waals surface area contributed by atoms with E-state index in [1.807, 2.05) is 51.9 Å². The number of hydrogen-bond acceptors (Lipinski definition) is 17. The SMILES string of the molecule is CC[C@H]1OC(=O)[C@H](C)[C@@H](O[C@H]2C[C@@](C)(OC)[C@](O)(CN3CCN(C)CC3)[C@H](C)O2)[C@H](C)[C@@H](O[C@@H]2O[C@H](C)C[C@H](N(C)C(=O)Nc3ccc(N(C)C)cc3)[C@H]2O)[C@](C)(O)C[C@@H](C)CN[C@H](C)[C@@H](O)[C@]1(C)O. The Morgan fingerprint density at radius 3 is 2.14 bits per heavy atom. The van der Waals surface area contributed by atoms with Gasteiger partial charge in [-0.25, -0.2) is 4.79 Å². The molecule has 4 saturated heterocycles. The number of nitrogens with zero attached hydrogens (tertiary/aromatic N) is 4. The van der Waals surface area contributed by atoms with Gasteiger partial charge >= 0.3 is 12.0 Å². The van der Waals surface area contributed by atoms with Gasteiger partial charge < -0.3 is 79.3 Å². The quantitative estimate of drug-likeness (QED) is 0.158. The van der Waals surface area contributed by atoms with Gasteiger partial charge in [0, 0.05) is 90.7 Å². The molecule has 18 atom stereocenters. The molecule has 4 aliphatic heterocycles. The van der Waals surface area contributed by atoms with E-state index in [-0.39, 0.29) is 31.6 Å². The van der Waals surface area contributed by atoms with E-state index in [1.165, 1.54) is 11.8 Å². The van der Waals surface area contributed by atoms with E-state index in [4.69, 9.17) is 28.4 Å². The van der Waals surface area contributed by atoms with E-state index >= 15 is 0 Å². The highest BCUT2D eigenvalue weighted by atomic mass is 16.7. The normalized spacial score (nSPS) is 42.3. The van der Waals surface area contributed by atoms with Crippen LogP contribution in [0.2, 0.25) is 0 Å². The first-order chi connectivity index (χ1) is 32.6. The van der Waals surface area contributed by atoms with Gasteiger partial charge in [-0.15, -0.1) is 0 Å². The molecule has 0 aromatic heterocycles. The molecule has 1 aromatic rings. The molecule has 70 heavy (non-hydrogen) atoms. The van der Waals surface area contributed by atoms with Crippen molar-refractivity contribution in [3.05, 3.63) is 24.3 Å². The first-order valence-corrected chi connectivity index (χ1v) is 25.4. The fraction of sp³-hybridized carbons (Fsp3) is 0.843. The Hall–Kier alpha value is -2.76. The number of anilines is 2. The van der Waals surface area contributed by atoms with Crippen molar-refractivity contribution in [2.24, 2.45) is 17.8 Å². The van der Waals surface area contributed by atoms with E-state index in [0.29, 0.717) is 18.8 Å². The van der Waals surface area contributed by atoms with E-state index in [2.05, 4.69) is 27.5 Å². The minimum Gasteiger partial charge on any atom is -0.459 e. The number of rotatable bonds is 11. The number of methoxy groups -OCH3 is 1. The van der Waals surface area contributed by atoms with Gasteiger partial charge in [-0.1, -0.05) is 20.8 Å². The molecule has 1 aromatic carbocycles. The zero-order chi connectivity index (χ0) is 52.3. The monoisotopic (exact) mass is 995 g/mol. The van der Waals surface area contributed by atoms with Crippen LogP contribution >= 0.6 is 0 Å². The Morgan fingerprint density at radius 1 is 0.929 bits per heavy atom. The summed E-state index contributed by atoms with van der Waals surface area (Å²) in [5, 5.41) is 67.1. The molecule has 0 bridgehead atoms. The van der Waals surface area contributed by atoms with E-state index in [0.717, 1.165) is 31.9 Å². The molecule has 5 rings (SSSR count). The molecular formula is C51H90N6O13. The van der Waals surface area contributed by atoms with Crippen LogP contribution in [0.4, 0.5) is 16.2 Å². The second-order valence-electron chi connectivity index (χ2n) is 22.1. The zero-order valence-corrected chi connectivity index (χ0v) is 44.8. The second kappa shape index (κ2) is 23.6. The lowest BCUT2D eigenvalue weighted by Gasteiger charge is -2.55. The zero-order valence-electron chi connectivity index (χ0n) is 44.8. The first-order valence-electron chi connectivity index (χ1n) is 25.4. The summed E-state index contributed by atoms with van der Waals surface area (Å²) in [6.45, 7) is 21.2. The van der Waals surface area contributed by atoms with Crippen molar-refractivity contribution in [1.29, 1.82) is 0 Å². The molecule has 4 fully saturated rings. The third kappa shape index (κ3) is 13.1. The van der Waals surface area contributed by atoms with Crippen LogP contribution < -0.4 is 15.5 Å². The summed E-state index contributed by atoms with van der Waals surface area (Å²) < 4.78 is 39.1. The van der Waals surface area contributed by atoms with Crippen molar-refractivity contribution in [3.8, 4) is 0 Å². The van der Waals surface area contributed by atoms with Crippen LogP contribution in [0, 0.1) is 17.8 Å². The number of amides is 2. The standard InChI is InChI=1S/C51H90N6O13/c1-16-39-50(10,63)43(59)34(6)52-28-30(2)26-48(8,62)44(70-46-41(58)38(25-31(3)66-46)56(14)47(61)53-36-17-19-37(20-18-36)54(11)12)32(4)42(33(5)45(60)68-39)69-40-27-49(9,65-15)51(64,35(7)67-40)29-57-23-21-55(13)22-24-57/h17-20,30-35,38-44,46,52,58-59,62-64H,16,21-29H2,1-15H3,(H,53,61)/t30-,31-,32+,33-,34-,35+,38+,39-,40+,41-,42+,43-,44-,46+,48-,49-,50-,51+/m1/s1. The summed E-state index contributed by atoms with van der Waals surface area (Å²) in [4.78, 5) is 36.2. The summed E-state index contributed by atoms with van der Waals surface area (Å²) in [5.74, 6) is -2.98. The van der Waals surface area contributed by atoms with E-state index in [9.17, 15) is 35.1 Å². The maximum atomic E-state index is 14.6. The van der Waals surface area contributed by atoms with Crippen molar-refractivity contribution in [1.82, 2.24) is 20.0 Å². The number of piperazine rings is 1. The molecule has 19 nitrogen and oxygen atoms in total. The number of benzene rings is 1. The number of urea groups is 1. The number of β-amino-alcohol motifs (C(OH)–C–C–N with tert-alkyl or cyclic N) is 1. The van der Waals surface area contributed by atoms with Gasteiger partial charge in [-0.05, 0) is 112 Å². The maximum absolute atomic E-state index is 14.6. The van der Waals surface area contributed by atoms with Gasteiger partial charge in [-0.3, -0.25) is 9.69 Å². The van der Waals surface area contributed by atoms with Crippen molar-refractivity contribution in [2.75, 3.05) is 84.8 Å². The minimum atomic E-state index is -1.86. The molecule has 402 valence electrons. The van der Waals surface area contributed by atoms with Crippen LogP contribution in [0.3, 0.4) is 0 Å². The highest BCUT2D eigenvalue weighted by molar-refractivity contribution is 5.89. The third-order valence-electron chi connectivity index (χ3n) is 16.0. The Kier molecular flexibility index (Phi) is 19.6. The van der Waals surface area contributed by atoms with Crippen LogP contribution in [0.5, 0.6) is 0 Å². The van der Waals surface area contributed by atoms with Crippen molar-refractivity contribution >= 4 is 23.4 Å². The summed E-state index contributed by atoms with van der Waals surface area (Å²) in [7, 11) is 9.08. The summed E-state index contributed by atoms with van der Waals surface area (Å²) in [5.41, 5.74) is -4.67. The topological polar surface area (TPSA) is 228 Å². The summed E-state index contributed by atoms with van der Waals surface area (Å²) in [6.07, 6.45) is -9.28. The average Bonchev–Trinajstić information content (AvgIpc) is 3.30. The Balaban J connectivity index is 1.52. The van der Waals surface area contributed by atoms with Crippen molar-refractivity contribution in [3.63, 3.8) is 0 Å². The van der Waals surface area contributed by atoms with E-state index < -0.39 is 114 Å². The summed E-state index contributed by atoms with van der Waals surface area (Å²) in [6, 6.07) is 5.52. The number of esters is 1. The Labute approximate surface area is 417 Å². The molecule has 0 saturated carbocycles. The molecular weight excluding hydrogens is 905 g/mol. The average molecular weight is 995 g/mol. The van der Waals surface area contributed by atoms with Gasteiger partial charge in [0.05, 0.1) is 42.0 Å². The molecule has 0 unspecified atom stereocenters. The number of aliphatic hydroxyl groups is 5. The Bertz CT molecular complexity index is 1840. The molecule has 0 aliphatic carbocycles. The van der Waals surface area contributed by atoms with Crippen LogP contribution in [0.1, 0.15) is 94.9 Å². The molecule has 4 heterocycles. The summed E-state index contributed by atoms with van der Waals surface area (Å²) >= 11 is 0. The molecule has 0 spiro atoms. The lowest BCUT2D eigenvalue weighted by Crippen LogP contribution is -2.71. The fourth-order valence-electron chi connectivity index (χ4n) is 11.1. The highest BCUT2D eigenvalue weighted by Gasteiger charge is 2.59. The third-order valence-corrected chi connectivity index (χ3v) is 16.0. The maximum Gasteiger partial charge on any atom is 0.321 e. The number of cyclic esters (lactones) is 1. The number of hydrogen-bond donors (Lipinski definition) is 7. The molecule has 0 radical (unpaired) electrons. The number of ether oxygens (including phenoxy) is 6. The van der Waals surface area contributed by atoms with Gasteiger partial charge in [0.1, 0.15) is 35.1 Å². The van der Waals surface area contributed by atoms with Crippen LogP contribution in [0.25, 0.3) is 0 Å². The fourth-order valence-corrected chi connectivity index (χ4v) is 11.1. The van der Waals surface area contributed by atoms with E-state index in [1.54, 1.807) is 67.8 Å². The number of likely N-dealkylation sites (N-methyl/N-ethyl adjacent to an activating group) is 2. The van der Waals surface area contributed by atoms with Crippen molar-refractivity contribution < 1.29 is 63.5 Å². The molecule has 4 aliphatic rings. The van der Waals surface area contributed by atoms with Crippen LogP contribution in [-0.2, 0) is 33.2 Å². The lowest BCUT2D eigenvalue weighted by atomic mass is 9.74. The number of carbonyl (C=O) groups excluding carboxylic acids is 2. The number of nitrogens with one attached hydrogen (secondary N) is 2. The smallest absolute Gasteiger partial charge is 0.321 e. The Morgan fingerprint density at radius 2 is 1.56 bits per heavy atom. The van der Waals surface area contributed by atoms with Gasteiger partial charge in [0.2, 0.25) is 0 Å². The predicted molar refractivity (Wildman–Crippen MR) is 266 cm³/mol. The van der Waals surface area contributed by atoms with Crippen molar-refractivity contribution in [2.45, 2.75) is 185 Å². The molecule has 19 heteroatoms. The largest absolute Gasteiger partial charge is 0.459 e. The van der Waals surface area contributed by atoms with Crippen LogP contribution in [0.15, 0.2) is 24.3 Å². The van der Waals surface area contributed by atoms with Gasteiger partial charge in [0.25, 0.3) is 0 Å². The first kappa shape index (κ1) is 58.1. The van der Waals surface area contributed by atoms with Gasteiger partial charge in [0.15, 0.2) is 12.6 Å². The minimum absolute atomic E-state index is 0.0574. The highest BCUT2D eigenvalue weighted by Crippen LogP contribution is 2.44. The van der Waals surface area contributed by atoms with Crippen LogP contribution in [-0.4, -0.2) is 217 Å².